The van der Waals surface area contributed by atoms with Crippen molar-refractivity contribution in [3.63, 3.8) is 0 Å². The highest BCUT2D eigenvalue weighted by Gasteiger charge is 2.22. The van der Waals surface area contributed by atoms with E-state index >= 15 is 0 Å². The van der Waals surface area contributed by atoms with Crippen molar-refractivity contribution in [2.24, 2.45) is 11.7 Å². The van der Waals surface area contributed by atoms with Crippen molar-refractivity contribution >= 4 is 5.82 Å². The maximum absolute atomic E-state index is 5.70. The third-order valence-electron chi connectivity index (χ3n) is 3.52. The molecule has 98 valence electrons. The molecule has 0 saturated carbocycles. The lowest BCUT2D eigenvalue weighted by molar-refractivity contribution is 0.602. The van der Waals surface area contributed by atoms with Crippen molar-refractivity contribution in [2.45, 2.75) is 6.42 Å². The summed E-state index contributed by atoms with van der Waals surface area (Å²) in [4.78, 5) is 6.51. The molecular weight excluding hydrogens is 238 g/mol. The normalized spacial score (nSPS) is 18.8. The first-order valence-corrected chi connectivity index (χ1v) is 6.57. The van der Waals surface area contributed by atoms with Gasteiger partial charge in [-0.05, 0) is 43.1 Å². The van der Waals surface area contributed by atoms with Gasteiger partial charge in [-0.3, -0.25) is 4.98 Å². The van der Waals surface area contributed by atoms with Crippen LogP contribution in [0.25, 0.3) is 11.4 Å². The molecule has 1 atom stereocenters. The van der Waals surface area contributed by atoms with Crippen LogP contribution in [0.1, 0.15) is 6.42 Å². The van der Waals surface area contributed by atoms with E-state index < -0.39 is 0 Å². The van der Waals surface area contributed by atoms with E-state index in [9.17, 15) is 0 Å². The molecule has 0 aromatic carbocycles. The molecule has 0 bridgehead atoms. The molecule has 1 aliphatic heterocycles. The Bertz CT molecular complexity index is 525. The number of rotatable bonds is 3. The van der Waals surface area contributed by atoms with Gasteiger partial charge in [-0.1, -0.05) is 6.07 Å². The third kappa shape index (κ3) is 2.56. The topological polar surface area (TPSA) is 67.9 Å². The van der Waals surface area contributed by atoms with Crippen LogP contribution < -0.4 is 10.6 Å². The van der Waals surface area contributed by atoms with Gasteiger partial charge in [0.05, 0.1) is 5.69 Å². The van der Waals surface area contributed by atoms with Crippen LogP contribution in [0.2, 0.25) is 0 Å². The van der Waals surface area contributed by atoms with Gasteiger partial charge in [0, 0.05) is 19.3 Å². The van der Waals surface area contributed by atoms with Crippen LogP contribution in [0.4, 0.5) is 5.82 Å². The van der Waals surface area contributed by atoms with Crippen LogP contribution in [0.5, 0.6) is 0 Å². The second-order valence-corrected chi connectivity index (χ2v) is 4.83. The quantitative estimate of drug-likeness (QED) is 0.896. The summed E-state index contributed by atoms with van der Waals surface area (Å²) in [5, 5.41) is 8.56. The lowest BCUT2D eigenvalue weighted by atomic mass is 10.1. The minimum absolute atomic E-state index is 0.581. The number of hydrogen-bond acceptors (Lipinski definition) is 5. The molecule has 5 nitrogen and oxygen atoms in total. The zero-order chi connectivity index (χ0) is 13.1. The number of anilines is 1. The van der Waals surface area contributed by atoms with E-state index in [1.54, 1.807) is 6.20 Å². The Morgan fingerprint density at radius 1 is 1.16 bits per heavy atom. The molecule has 5 heteroatoms. The Morgan fingerprint density at radius 3 is 2.74 bits per heavy atom. The Morgan fingerprint density at radius 2 is 2.11 bits per heavy atom. The van der Waals surface area contributed by atoms with Gasteiger partial charge < -0.3 is 10.6 Å². The highest BCUT2D eigenvalue weighted by atomic mass is 15.3. The first kappa shape index (κ1) is 12.0. The molecule has 1 fully saturated rings. The first-order valence-electron chi connectivity index (χ1n) is 6.57. The number of aromatic nitrogens is 3. The van der Waals surface area contributed by atoms with Gasteiger partial charge in [-0.2, -0.15) is 0 Å². The standard InChI is InChI=1S/C14H17N5/c15-9-11-6-8-19(10-11)14-5-4-13(17-18-14)12-3-1-2-7-16-12/h1-5,7,11H,6,8-10,15H2. The second-order valence-electron chi connectivity index (χ2n) is 4.83. The van der Waals surface area contributed by atoms with Crippen LogP contribution in [0.15, 0.2) is 36.5 Å². The predicted octanol–water partition coefficient (Wildman–Crippen LogP) is 1.32. The molecule has 0 aliphatic carbocycles. The van der Waals surface area contributed by atoms with Crippen molar-refractivity contribution in [3.05, 3.63) is 36.5 Å². The van der Waals surface area contributed by atoms with E-state index in [-0.39, 0.29) is 0 Å². The maximum atomic E-state index is 5.70. The smallest absolute Gasteiger partial charge is 0.151 e. The minimum Gasteiger partial charge on any atom is -0.355 e. The number of nitrogens with two attached hydrogens (primary N) is 1. The fraction of sp³-hybridized carbons (Fsp3) is 0.357. The lowest BCUT2D eigenvalue weighted by Crippen LogP contribution is -2.23. The summed E-state index contributed by atoms with van der Waals surface area (Å²) < 4.78 is 0. The summed E-state index contributed by atoms with van der Waals surface area (Å²) >= 11 is 0. The molecule has 2 aromatic heterocycles. The average molecular weight is 255 g/mol. The molecule has 0 spiro atoms. The van der Waals surface area contributed by atoms with E-state index in [0.29, 0.717) is 5.92 Å². The number of pyridine rings is 1. The first-order chi connectivity index (χ1) is 9.36. The Kier molecular flexibility index (Phi) is 3.37. The third-order valence-corrected chi connectivity index (χ3v) is 3.52. The van der Waals surface area contributed by atoms with Crippen LogP contribution in [-0.2, 0) is 0 Å². The van der Waals surface area contributed by atoms with Crippen molar-refractivity contribution in [3.8, 4) is 11.4 Å². The summed E-state index contributed by atoms with van der Waals surface area (Å²) in [5.74, 6) is 1.51. The molecule has 1 aliphatic rings. The van der Waals surface area contributed by atoms with Gasteiger partial charge in [-0.15, -0.1) is 10.2 Å². The molecule has 0 amide bonds. The van der Waals surface area contributed by atoms with E-state index in [1.165, 1.54) is 0 Å². The van der Waals surface area contributed by atoms with Gasteiger partial charge in [0.2, 0.25) is 0 Å². The van der Waals surface area contributed by atoms with Crippen molar-refractivity contribution in [2.75, 3.05) is 24.5 Å². The van der Waals surface area contributed by atoms with Crippen LogP contribution in [-0.4, -0.2) is 34.8 Å². The minimum atomic E-state index is 0.581. The summed E-state index contributed by atoms with van der Waals surface area (Å²) in [7, 11) is 0. The molecule has 19 heavy (non-hydrogen) atoms. The molecule has 1 unspecified atom stereocenters. The number of hydrogen-bond donors (Lipinski definition) is 1. The average Bonchev–Trinajstić information content (AvgIpc) is 2.97. The van der Waals surface area contributed by atoms with Crippen LogP contribution in [0.3, 0.4) is 0 Å². The lowest BCUT2D eigenvalue weighted by Gasteiger charge is -2.16. The van der Waals surface area contributed by atoms with E-state index in [0.717, 1.165) is 43.3 Å². The molecule has 3 heterocycles. The Labute approximate surface area is 112 Å². The van der Waals surface area contributed by atoms with Gasteiger partial charge in [0.25, 0.3) is 0 Å². The summed E-state index contributed by atoms with van der Waals surface area (Å²) in [5.41, 5.74) is 7.36. The van der Waals surface area contributed by atoms with E-state index in [2.05, 4.69) is 20.1 Å². The second kappa shape index (κ2) is 5.32. The molecule has 2 N–H and O–H groups in total. The van der Waals surface area contributed by atoms with Crippen molar-refractivity contribution in [1.29, 1.82) is 0 Å². The van der Waals surface area contributed by atoms with Crippen LogP contribution in [0, 0.1) is 5.92 Å². The van der Waals surface area contributed by atoms with Crippen molar-refractivity contribution < 1.29 is 0 Å². The molecular formula is C14H17N5. The van der Waals surface area contributed by atoms with Crippen LogP contribution >= 0.6 is 0 Å². The highest BCUT2D eigenvalue weighted by Crippen LogP contribution is 2.22. The van der Waals surface area contributed by atoms with E-state index in [4.69, 9.17) is 5.73 Å². The SMILES string of the molecule is NCC1CCN(c2ccc(-c3ccccn3)nn2)C1. The summed E-state index contributed by atoms with van der Waals surface area (Å²) in [6, 6.07) is 9.76. The zero-order valence-electron chi connectivity index (χ0n) is 10.7. The molecule has 2 aromatic rings. The van der Waals surface area contributed by atoms with Crippen molar-refractivity contribution in [1.82, 2.24) is 15.2 Å². The maximum Gasteiger partial charge on any atom is 0.151 e. The monoisotopic (exact) mass is 255 g/mol. The van der Waals surface area contributed by atoms with Gasteiger partial charge in [0.1, 0.15) is 5.69 Å². The molecule has 0 radical (unpaired) electrons. The van der Waals surface area contributed by atoms with E-state index in [1.807, 2.05) is 30.3 Å². The molecule has 1 saturated heterocycles. The largest absolute Gasteiger partial charge is 0.355 e. The zero-order valence-corrected chi connectivity index (χ0v) is 10.7. The van der Waals surface area contributed by atoms with Gasteiger partial charge in [0.15, 0.2) is 5.82 Å². The van der Waals surface area contributed by atoms with Gasteiger partial charge in [-0.25, -0.2) is 0 Å². The van der Waals surface area contributed by atoms with Gasteiger partial charge >= 0.3 is 0 Å². The Hall–Kier alpha value is -2.01. The Balaban J connectivity index is 1.76. The fourth-order valence-corrected chi connectivity index (χ4v) is 2.38. The summed E-state index contributed by atoms with van der Waals surface area (Å²) in [6.45, 7) is 2.74. The number of nitrogens with zero attached hydrogens (tertiary/aromatic N) is 4. The fourth-order valence-electron chi connectivity index (χ4n) is 2.38. The predicted molar refractivity (Wildman–Crippen MR) is 74.6 cm³/mol. The summed E-state index contributed by atoms with van der Waals surface area (Å²) in [6.07, 6.45) is 2.90. The highest BCUT2D eigenvalue weighted by molar-refractivity contribution is 5.55. The molecule has 3 rings (SSSR count).